The molecular weight excluding hydrogens is 414 g/mol. The molecule has 1 aromatic carbocycles. The lowest BCUT2D eigenvalue weighted by Gasteiger charge is -2.28. The van der Waals surface area contributed by atoms with Crippen LogP contribution in [0.15, 0.2) is 53.9 Å². The summed E-state index contributed by atoms with van der Waals surface area (Å²) < 4.78 is 5.62. The van der Waals surface area contributed by atoms with Crippen LogP contribution in [0.25, 0.3) is 0 Å². The minimum absolute atomic E-state index is 0.0882. The van der Waals surface area contributed by atoms with Crippen molar-refractivity contribution in [1.82, 2.24) is 15.2 Å². The molecule has 0 bridgehead atoms. The first-order chi connectivity index (χ1) is 14.3. The van der Waals surface area contributed by atoms with Crippen molar-refractivity contribution in [2.24, 2.45) is 0 Å². The number of nitrogens with zero attached hydrogens (tertiary/aromatic N) is 2. The van der Waals surface area contributed by atoms with Gasteiger partial charge in [0.2, 0.25) is 5.88 Å². The molecule has 10 heteroatoms. The number of nitrogens with one attached hydrogen (secondary N) is 1. The quantitative estimate of drug-likeness (QED) is 0.573. The molecule has 30 heavy (non-hydrogen) atoms. The van der Waals surface area contributed by atoms with E-state index in [-0.39, 0.29) is 25.3 Å². The number of carbonyl (C=O) groups excluding carboxylic acids is 2. The molecule has 0 fully saturated rings. The van der Waals surface area contributed by atoms with Crippen molar-refractivity contribution in [1.29, 1.82) is 0 Å². The van der Waals surface area contributed by atoms with Crippen LogP contribution >= 0.6 is 11.6 Å². The number of hydrogen-bond donors (Lipinski definition) is 3. The number of rotatable bonds is 7. The maximum atomic E-state index is 12.6. The Balaban J connectivity index is 1.65. The second-order valence-electron chi connectivity index (χ2n) is 6.44. The van der Waals surface area contributed by atoms with E-state index in [1.165, 1.54) is 11.1 Å². The van der Waals surface area contributed by atoms with Gasteiger partial charge >= 0.3 is 5.97 Å². The second-order valence-corrected chi connectivity index (χ2v) is 6.88. The summed E-state index contributed by atoms with van der Waals surface area (Å²) in [6.07, 6.45) is 1.63. The van der Waals surface area contributed by atoms with Gasteiger partial charge in [0, 0.05) is 36.8 Å². The Morgan fingerprint density at radius 2 is 2.07 bits per heavy atom. The van der Waals surface area contributed by atoms with Gasteiger partial charge in [0.05, 0.1) is 0 Å². The molecule has 3 N–H and O–H groups in total. The van der Waals surface area contributed by atoms with Crippen LogP contribution in [0.3, 0.4) is 0 Å². The van der Waals surface area contributed by atoms with Gasteiger partial charge in [-0.15, -0.1) is 0 Å². The Labute approximate surface area is 176 Å². The number of ether oxygens (including phenoxy) is 1. The van der Waals surface area contributed by atoms with Crippen LogP contribution in [-0.4, -0.2) is 51.0 Å². The van der Waals surface area contributed by atoms with Crippen LogP contribution in [0.2, 0.25) is 5.02 Å². The molecule has 0 saturated carbocycles. The van der Waals surface area contributed by atoms with E-state index >= 15 is 0 Å². The third-order valence-electron chi connectivity index (χ3n) is 4.22. The molecule has 2 amide bonds. The number of carbonyl (C=O) groups is 3. The van der Waals surface area contributed by atoms with E-state index in [0.29, 0.717) is 22.2 Å². The highest BCUT2D eigenvalue weighted by atomic mass is 35.5. The van der Waals surface area contributed by atoms with Gasteiger partial charge in [-0.25, -0.2) is 4.98 Å². The molecule has 0 unspecified atom stereocenters. The van der Waals surface area contributed by atoms with E-state index < -0.39 is 29.9 Å². The SMILES string of the molecule is O=C(O)CNC(=O)C1=C(O)CCN(Cc2ccc(Oc3cccc(Cl)c3)nc2)C1=O. The van der Waals surface area contributed by atoms with Crippen molar-refractivity contribution in [2.75, 3.05) is 13.1 Å². The zero-order valence-corrected chi connectivity index (χ0v) is 16.4. The van der Waals surface area contributed by atoms with E-state index in [1.54, 1.807) is 36.4 Å². The summed E-state index contributed by atoms with van der Waals surface area (Å²) in [4.78, 5) is 40.9. The Morgan fingerprint density at radius 3 is 2.73 bits per heavy atom. The molecule has 0 saturated heterocycles. The molecule has 1 aromatic heterocycles. The summed E-state index contributed by atoms with van der Waals surface area (Å²) in [7, 11) is 0. The number of carboxylic acids is 1. The van der Waals surface area contributed by atoms with Gasteiger partial charge < -0.3 is 25.2 Å². The lowest BCUT2D eigenvalue weighted by Crippen LogP contribution is -2.43. The predicted molar refractivity (Wildman–Crippen MR) is 106 cm³/mol. The van der Waals surface area contributed by atoms with Crippen molar-refractivity contribution in [2.45, 2.75) is 13.0 Å². The zero-order chi connectivity index (χ0) is 21.7. The molecule has 9 nitrogen and oxygen atoms in total. The van der Waals surface area contributed by atoms with Gasteiger partial charge in [0.25, 0.3) is 11.8 Å². The molecular formula is C20H18ClN3O6. The second kappa shape index (κ2) is 9.27. The first-order valence-corrected chi connectivity index (χ1v) is 9.31. The molecule has 156 valence electrons. The average molecular weight is 432 g/mol. The summed E-state index contributed by atoms with van der Waals surface area (Å²) in [6.45, 7) is -0.283. The highest BCUT2D eigenvalue weighted by molar-refractivity contribution is 6.30. The third-order valence-corrected chi connectivity index (χ3v) is 4.46. The fraction of sp³-hybridized carbons (Fsp3) is 0.200. The van der Waals surface area contributed by atoms with Crippen molar-refractivity contribution in [3.63, 3.8) is 0 Å². The van der Waals surface area contributed by atoms with Crippen LogP contribution in [0, 0.1) is 0 Å². The smallest absolute Gasteiger partial charge is 0.322 e. The Kier molecular flexibility index (Phi) is 6.53. The van der Waals surface area contributed by atoms with E-state index in [0.717, 1.165) is 0 Å². The molecule has 0 radical (unpaired) electrons. The van der Waals surface area contributed by atoms with Gasteiger partial charge in [-0.2, -0.15) is 0 Å². The minimum Gasteiger partial charge on any atom is -0.511 e. The highest BCUT2D eigenvalue weighted by Gasteiger charge is 2.32. The largest absolute Gasteiger partial charge is 0.511 e. The average Bonchev–Trinajstić information content (AvgIpc) is 2.70. The van der Waals surface area contributed by atoms with Crippen molar-refractivity contribution >= 4 is 29.4 Å². The summed E-state index contributed by atoms with van der Waals surface area (Å²) >= 11 is 5.92. The topological polar surface area (TPSA) is 129 Å². The van der Waals surface area contributed by atoms with Gasteiger partial charge in [-0.1, -0.05) is 23.7 Å². The van der Waals surface area contributed by atoms with Gasteiger partial charge in [0.1, 0.15) is 23.6 Å². The number of carboxylic acid groups (broad SMARTS) is 1. The maximum absolute atomic E-state index is 12.6. The number of aliphatic carboxylic acids is 1. The third kappa shape index (κ3) is 5.26. The highest BCUT2D eigenvalue weighted by Crippen LogP contribution is 2.24. The van der Waals surface area contributed by atoms with E-state index in [1.807, 2.05) is 0 Å². The lowest BCUT2D eigenvalue weighted by atomic mass is 10.1. The molecule has 2 aromatic rings. The minimum atomic E-state index is -1.25. The van der Waals surface area contributed by atoms with E-state index in [4.69, 9.17) is 21.4 Å². The van der Waals surface area contributed by atoms with Crippen LogP contribution in [0.4, 0.5) is 0 Å². The number of amides is 2. The molecule has 3 rings (SSSR count). The molecule has 1 aliphatic rings. The first kappa shape index (κ1) is 21.1. The fourth-order valence-electron chi connectivity index (χ4n) is 2.81. The standard InChI is InChI=1S/C20H18ClN3O6/c21-13-2-1-3-14(8-13)30-16-5-4-12(9-22-16)11-24-7-6-15(25)18(20(24)29)19(28)23-10-17(26)27/h1-5,8-9,25H,6-7,10-11H2,(H,23,28)(H,26,27). The summed E-state index contributed by atoms with van der Waals surface area (Å²) in [5.74, 6) is -2.34. The number of benzene rings is 1. The van der Waals surface area contributed by atoms with Crippen molar-refractivity contribution in [3.05, 3.63) is 64.5 Å². The van der Waals surface area contributed by atoms with Crippen LogP contribution in [0.1, 0.15) is 12.0 Å². The summed E-state index contributed by atoms with van der Waals surface area (Å²) in [5, 5.41) is 21.2. The maximum Gasteiger partial charge on any atom is 0.322 e. The predicted octanol–water partition coefficient (Wildman–Crippen LogP) is 2.27. The Bertz CT molecular complexity index is 1010. The summed E-state index contributed by atoms with van der Waals surface area (Å²) in [5.41, 5.74) is 0.241. The van der Waals surface area contributed by atoms with Gasteiger partial charge in [-0.3, -0.25) is 14.4 Å². The Morgan fingerprint density at radius 1 is 1.27 bits per heavy atom. The number of aliphatic hydroxyl groups excluding tert-OH is 1. The van der Waals surface area contributed by atoms with E-state index in [2.05, 4.69) is 10.3 Å². The van der Waals surface area contributed by atoms with Crippen LogP contribution in [0.5, 0.6) is 11.6 Å². The van der Waals surface area contributed by atoms with Gasteiger partial charge in [0.15, 0.2) is 0 Å². The molecule has 2 heterocycles. The van der Waals surface area contributed by atoms with Crippen molar-refractivity contribution in [3.8, 4) is 11.6 Å². The summed E-state index contributed by atoms with van der Waals surface area (Å²) in [6, 6.07) is 10.2. The monoisotopic (exact) mass is 431 g/mol. The van der Waals surface area contributed by atoms with Crippen molar-refractivity contribution < 1.29 is 29.3 Å². The lowest BCUT2D eigenvalue weighted by molar-refractivity contribution is -0.138. The molecule has 0 atom stereocenters. The Hall–Kier alpha value is -3.59. The molecule has 1 aliphatic heterocycles. The van der Waals surface area contributed by atoms with Crippen LogP contribution in [-0.2, 0) is 20.9 Å². The fourth-order valence-corrected chi connectivity index (χ4v) is 2.99. The number of pyridine rings is 1. The van der Waals surface area contributed by atoms with E-state index in [9.17, 15) is 19.5 Å². The zero-order valence-electron chi connectivity index (χ0n) is 15.7. The normalized spacial score (nSPS) is 13.9. The van der Waals surface area contributed by atoms with Crippen LogP contribution < -0.4 is 10.1 Å². The van der Waals surface area contributed by atoms with Gasteiger partial charge in [-0.05, 0) is 23.8 Å². The molecule has 0 aliphatic carbocycles. The number of aliphatic hydroxyl groups is 1. The molecule has 0 spiro atoms. The number of hydrogen-bond acceptors (Lipinski definition) is 6. The number of aromatic nitrogens is 1. The number of halogens is 1. The first-order valence-electron chi connectivity index (χ1n) is 8.93.